The van der Waals surface area contributed by atoms with Gasteiger partial charge in [0.2, 0.25) is 0 Å². The highest BCUT2D eigenvalue weighted by atomic mass is 15.3. The van der Waals surface area contributed by atoms with Crippen LogP contribution >= 0.6 is 0 Å². The lowest BCUT2D eigenvalue weighted by atomic mass is 9.99. The predicted molar refractivity (Wildman–Crippen MR) is 70.8 cm³/mol. The molecule has 0 N–H and O–H groups in total. The van der Waals surface area contributed by atoms with E-state index in [0.717, 1.165) is 6.54 Å². The summed E-state index contributed by atoms with van der Waals surface area (Å²) in [6.45, 7) is 0.866. The van der Waals surface area contributed by atoms with Gasteiger partial charge in [0.25, 0.3) is 0 Å². The molecule has 2 atom stereocenters. The van der Waals surface area contributed by atoms with E-state index in [2.05, 4.69) is 59.5 Å². The first kappa shape index (κ1) is 11.0. The second-order valence-corrected chi connectivity index (χ2v) is 4.57. The van der Waals surface area contributed by atoms with Crippen LogP contribution in [-0.4, -0.2) is 17.5 Å². The molecule has 1 heterocycles. The lowest BCUT2D eigenvalue weighted by molar-refractivity contribution is 0.453. The molecule has 0 amide bonds. The molecule has 0 aromatic heterocycles. The maximum atomic E-state index is 9.03. The summed E-state index contributed by atoms with van der Waals surface area (Å²) in [6.07, 6.45) is 0. The summed E-state index contributed by atoms with van der Waals surface area (Å²) >= 11 is 0. The summed E-state index contributed by atoms with van der Waals surface area (Å²) in [5.74, 6) is 0. The zero-order valence-electron chi connectivity index (χ0n) is 10.0. The fourth-order valence-electron chi connectivity index (χ4n) is 2.40. The van der Waals surface area contributed by atoms with Crippen LogP contribution in [0.3, 0.4) is 0 Å². The lowest BCUT2D eigenvalue weighted by Crippen LogP contribution is -2.13. The van der Waals surface area contributed by atoms with Gasteiger partial charge in [-0.2, -0.15) is 5.26 Å². The van der Waals surface area contributed by atoms with E-state index in [4.69, 9.17) is 5.26 Å². The largest absolute Gasteiger partial charge is 0.273 e. The average molecular weight is 234 g/mol. The Morgan fingerprint density at radius 3 is 1.83 bits per heavy atom. The first-order chi connectivity index (χ1) is 8.90. The van der Waals surface area contributed by atoms with Crippen molar-refractivity contribution in [3.05, 3.63) is 71.8 Å². The quantitative estimate of drug-likeness (QED) is 0.763. The zero-order valence-corrected chi connectivity index (χ0v) is 10.0. The molecule has 1 fully saturated rings. The predicted octanol–water partition coefficient (Wildman–Crippen LogP) is 2.98. The standard InChI is InChI=1S/C16H14N2/c17-11-15-12-18(15)16(13-7-3-1-4-8-13)14-9-5-2-6-10-14/h1-10,15-16H,12H2. The summed E-state index contributed by atoms with van der Waals surface area (Å²) in [5, 5.41) is 9.03. The van der Waals surface area contributed by atoms with Gasteiger partial charge >= 0.3 is 0 Å². The number of nitriles is 1. The number of nitrogens with zero attached hydrogens (tertiary/aromatic N) is 2. The summed E-state index contributed by atoms with van der Waals surface area (Å²) in [6, 6.07) is 23.4. The second-order valence-electron chi connectivity index (χ2n) is 4.57. The molecule has 1 aliphatic rings. The molecule has 1 aliphatic heterocycles. The summed E-state index contributed by atoms with van der Waals surface area (Å²) in [4.78, 5) is 2.23. The van der Waals surface area contributed by atoms with Gasteiger partial charge in [0.05, 0.1) is 12.1 Å². The van der Waals surface area contributed by atoms with Crippen molar-refractivity contribution in [1.82, 2.24) is 4.90 Å². The van der Waals surface area contributed by atoms with E-state index in [1.165, 1.54) is 11.1 Å². The van der Waals surface area contributed by atoms with Crippen LogP contribution in [0.4, 0.5) is 0 Å². The fourth-order valence-corrected chi connectivity index (χ4v) is 2.40. The van der Waals surface area contributed by atoms with E-state index in [1.807, 2.05) is 12.1 Å². The van der Waals surface area contributed by atoms with Gasteiger partial charge in [0.1, 0.15) is 6.04 Å². The van der Waals surface area contributed by atoms with E-state index in [1.54, 1.807) is 0 Å². The highest BCUT2D eigenvalue weighted by molar-refractivity contribution is 5.34. The van der Waals surface area contributed by atoms with Crippen LogP contribution in [0.5, 0.6) is 0 Å². The van der Waals surface area contributed by atoms with Crippen molar-refractivity contribution >= 4 is 0 Å². The minimum Gasteiger partial charge on any atom is -0.273 e. The van der Waals surface area contributed by atoms with Gasteiger partial charge < -0.3 is 0 Å². The Bertz CT molecular complexity index is 517. The van der Waals surface area contributed by atoms with Crippen molar-refractivity contribution in [2.45, 2.75) is 12.1 Å². The Balaban J connectivity index is 1.98. The van der Waals surface area contributed by atoms with Gasteiger partial charge in [-0.15, -0.1) is 0 Å². The van der Waals surface area contributed by atoms with Gasteiger partial charge in [0, 0.05) is 6.54 Å². The van der Waals surface area contributed by atoms with E-state index < -0.39 is 0 Å². The average Bonchev–Trinajstić information content (AvgIpc) is 3.21. The van der Waals surface area contributed by atoms with Crippen molar-refractivity contribution in [3.63, 3.8) is 0 Å². The molecular weight excluding hydrogens is 220 g/mol. The third-order valence-electron chi connectivity index (χ3n) is 3.36. The Morgan fingerprint density at radius 2 is 1.44 bits per heavy atom. The van der Waals surface area contributed by atoms with Crippen molar-refractivity contribution in [1.29, 1.82) is 5.26 Å². The fraction of sp³-hybridized carbons (Fsp3) is 0.188. The Kier molecular flexibility index (Phi) is 2.84. The van der Waals surface area contributed by atoms with E-state index in [0.29, 0.717) is 0 Å². The van der Waals surface area contributed by atoms with Crippen LogP contribution in [0.15, 0.2) is 60.7 Å². The highest BCUT2D eigenvalue weighted by Gasteiger charge is 2.41. The summed E-state index contributed by atoms with van der Waals surface area (Å²) in [5.41, 5.74) is 2.50. The zero-order chi connectivity index (χ0) is 12.4. The highest BCUT2D eigenvalue weighted by Crippen LogP contribution is 2.36. The minimum atomic E-state index is 0.0652. The smallest absolute Gasteiger partial charge is 0.112 e. The van der Waals surface area contributed by atoms with Crippen LogP contribution in [0.2, 0.25) is 0 Å². The normalized spacial score (nSPS) is 21.6. The van der Waals surface area contributed by atoms with Crippen LogP contribution in [-0.2, 0) is 0 Å². The summed E-state index contributed by atoms with van der Waals surface area (Å²) in [7, 11) is 0. The molecule has 2 heteroatoms. The van der Waals surface area contributed by atoms with E-state index in [-0.39, 0.29) is 12.1 Å². The maximum absolute atomic E-state index is 9.03. The number of hydrogen-bond donors (Lipinski definition) is 0. The topological polar surface area (TPSA) is 26.8 Å². The third kappa shape index (κ3) is 2.01. The second kappa shape index (κ2) is 4.64. The number of benzene rings is 2. The molecule has 0 bridgehead atoms. The molecule has 18 heavy (non-hydrogen) atoms. The molecule has 3 rings (SSSR count). The summed E-state index contributed by atoms with van der Waals surface area (Å²) < 4.78 is 0. The molecule has 88 valence electrons. The molecule has 2 aromatic rings. The minimum absolute atomic E-state index is 0.0652. The van der Waals surface area contributed by atoms with Crippen molar-refractivity contribution in [2.24, 2.45) is 0 Å². The molecule has 0 radical (unpaired) electrons. The van der Waals surface area contributed by atoms with Crippen LogP contribution < -0.4 is 0 Å². The molecule has 0 saturated carbocycles. The molecule has 2 aromatic carbocycles. The Morgan fingerprint density at radius 1 is 0.944 bits per heavy atom. The Hall–Kier alpha value is -2.11. The van der Waals surface area contributed by atoms with Gasteiger partial charge in [0.15, 0.2) is 0 Å². The lowest BCUT2D eigenvalue weighted by Gasteiger charge is -2.19. The van der Waals surface area contributed by atoms with Gasteiger partial charge in [-0.25, -0.2) is 0 Å². The van der Waals surface area contributed by atoms with Gasteiger partial charge in [-0.05, 0) is 11.1 Å². The van der Waals surface area contributed by atoms with E-state index >= 15 is 0 Å². The molecule has 2 unspecified atom stereocenters. The van der Waals surface area contributed by atoms with Crippen LogP contribution in [0.25, 0.3) is 0 Å². The van der Waals surface area contributed by atoms with E-state index in [9.17, 15) is 0 Å². The Labute approximate surface area is 107 Å². The molecule has 0 spiro atoms. The molecule has 2 nitrogen and oxygen atoms in total. The third-order valence-corrected chi connectivity index (χ3v) is 3.36. The first-order valence-electron chi connectivity index (χ1n) is 6.15. The van der Waals surface area contributed by atoms with Gasteiger partial charge in [-0.3, -0.25) is 4.90 Å². The molecular formula is C16H14N2. The van der Waals surface area contributed by atoms with Crippen molar-refractivity contribution < 1.29 is 0 Å². The van der Waals surface area contributed by atoms with Crippen LogP contribution in [0, 0.1) is 11.3 Å². The first-order valence-corrected chi connectivity index (χ1v) is 6.15. The van der Waals surface area contributed by atoms with Crippen molar-refractivity contribution in [3.8, 4) is 6.07 Å². The van der Waals surface area contributed by atoms with Crippen molar-refractivity contribution in [2.75, 3.05) is 6.54 Å². The molecule has 0 aliphatic carbocycles. The number of hydrogen-bond acceptors (Lipinski definition) is 2. The number of rotatable bonds is 3. The monoisotopic (exact) mass is 234 g/mol. The van der Waals surface area contributed by atoms with Crippen LogP contribution in [0.1, 0.15) is 17.2 Å². The SMILES string of the molecule is N#CC1CN1C(c1ccccc1)c1ccccc1. The maximum Gasteiger partial charge on any atom is 0.112 e. The van der Waals surface area contributed by atoms with Gasteiger partial charge in [-0.1, -0.05) is 60.7 Å². The molecule has 1 saturated heterocycles.